The second kappa shape index (κ2) is 3.72. The van der Waals surface area contributed by atoms with E-state index in [0.717, 1.165) is 31.8 Å². The molecule has 0 radical (unpaired) electrons. The molecular weight excluding hydrogens is 150 g/mol. The highest BCUT2D eigenvalue weighted by Crippen LogP contribution is 2.03. The first-order valence-corrected chi connectivity index (χ1v) is 4.29. The van der Waals surface area contributed by atoms with E-state index in [2.05, 4.69) is 23.4 Å². The van der Waals surface area contributed by atoms with Crippen LogP contribution in [-0.2, 0) is 0 Å². The normalized spacial score (nSPS) is 19.3. The van der Waals surface area contributed by atoms with E-state index >= 15 is 0 Å². The van der Waals surface area contributed by atoms with Crippen molar-refractivity contribution in [2.75, 3.05) is 33.2 Å². The van der Waals surface area contributed by atoms with Gasteiger partial charge in [0.2, 0.25) is 0 Å². The third kappa shape index (κ3) is 2.08. The van der Waals surface area contributed by atoms with E-state index in [-0.39, 0.29) is 0 Å². The first kappa shape index (κ1) is 9.26. The van der Waals surface area contributed by atoms with Crippen LogP contribution >= 0.6 is 0 Å². The van der Waals surface area contributed by atoms with Crippen LogP contribution in [0, 0.1) is 5.41 Å². The van der Waals surface area contributed by atoms with Crippen LogP contribution in [0.3, 0.4) is 0 Å². The molecule has 1 aliphatic heterocycles. The molecule has 1 saturated heterocycles. The van der Waals surface area contributed by atoms with E-state index in [1.165, 1.54) is 0 Å². The van der Waals surface area contributed by atoms with Gasteiger partial charge >= 0.3 is 0 Å². The van der Waals surface area contributed by atoms with E-state index in [1.54, 1.807) is 0 Å². The van der Waals surface area contributed by atoms with Crippen molar-refractivity contribution in [3.63, 3.8) is 0 Å². The number of hydrogen-bond acceptors (Lipinski definition) is 2. The Kier molecular flexibility index (Phi) is 2.87. The molecule has 0 amide bonds. The summed E-state index contributed by atoms with van der Waals surface area (Å²) in [4.78, 5) is 4.37. The summed E-state index contributed by atoms with van der Waals surface area (Å²) in [6.45, 7) is 9.68. The second-order valence-electron chi connectivity index (χ2n) is 3.42. The van der Waals surface area contributed by atoms with Gasteiger partial charge in [-0.3, -0.25) is 5.41 Å². The van der Waals surface area contributed by atoms with Crippen molar-refractivity contribution in [2.45, 2.75) is 6.92 Å². The molecule has 1 fully saturated rings. The fourth-order valence-corrected chi connectivity index (χ4v) is 1.30. The number of rotatable bonds is 1. The molecule has 1 heterocycles. The average Bonchev–Trinajstić information content (AvgIpc) is 2.04. The Labute approximate surface area is 74.2 Å². The number of amidine groups is 1. The van der Waals surface area contributed by atoms with Gasteiger partial charge < -0.3 is 9.80 Å². The van der Waals surface area contributed by atoms with Crippen LogP contribution in [0.25, 0.3) is 0 Å². The van der Waals surface area contributed by atoms with Crippen molar-refractivity contribution in [1.29, 1.82) is 5.41 Å². The summed E-state index contributed by atoms with van der Waals surface area (Å²) in [7, 11) is 2.11. The van der Waals surface area contributed by atoms with E-state index in [0.29, 0.717) is 5.84 Å². The first-order chi connectivity index (χ1) is 5.61. The molecule has 0 bridgehead atoms. The molecule has 68 valence electrons. The lowest BCUT2D eigenvalue weighted by molar-refractivity contribution is 0.215. The zero-order valence-electron chi connectivity index (χ0n) is 7.93. The summed E-state index contributed by atoms with van der Waals surface area (Å²) in [5.41, 5.74) is 0.861. The van der Waals surface area contributed by atoms with Gasteiger partial charge in [0.05, 0.1) is 0 Å². The van der Waals surface area contributed by atoms with Crippen LogP contribution in [0.2, 0.25) is 0 Å². The smallest absolute Gasteiger partial charge is 0.123 e. The Morgan fingerprint density at radius 2 is 1.75 bits per heavy atom. The molecule has 0 aromatic heterocycles. The number of piperazine rings is 1. The lowest BCUT2D eigenvalue weighted by atomic mass is 10.2. The minimum Gasteiger partial charge on any atom is -0.354 e. The molecule has 1 aliphatic rings. The molecule has 3 nitrogen and oxygen atoms in total. The maximum absolute atomic E-state index is 7.71. The standard InChI is InChI=1S/C9H17N3/c1-8(2)9(10)12-6-4-11(3)5-7-12/h10H,1,4-7H2,2-3H3. The van der Waals surface area contributed by atoms with E-state index in [4.69, 9.17) is 5.41 Å². The van der Waals surface area contributed by atoms with Gasteiger partial charge in [0.15, 0.2) is 0 Å². The van der Waals surface area contributed by atoms with Crippen LogP contribution in [0.15, 0.2) is 12.2 Å². The lowest BCUT2D eigenvalue weighted by Gasteiger charge is -2.34. The monoisotopic (exact) mass is 167 g/mol. The molecule has 1 N–H and O–H groups in total. The molecule has 1 rings (SSSR count). The third-order valence-electron chi connectivity index (χ3n) is 2.22. The zero-order chi connectivity index (χ0) is 9.14. The Bertz CT molecular complexity index is 190. The number of hydrogen-bond donors (Lipinski definition) is 1. The van der Waals surface area contributed by atoms with Gasteiger partial charge in [0, 0.05) is 26.2 Å². The summed E-state index contributed by atoms with van der Waals surface area (Å²) < 4.78 is 0. The number of likely N-dealkylation sites (N-methyl/N-ethyl adjacent to an activating group) is 1. The number of nitrogens with one attached hydrogen (secondary N) is 1. The largest absolute Gasteiger partial charge is 0.354 e. The predicted molar refractivity (Wildman–Crippen MR) is 51.6 cm³/mol. The van der Waals surface area contributed by atoms with Gasteiger partial charge in [-0.25, -0.2) is 0 Å². The van der Waals surface area contributed by atoms with E-state index in [1.807, 2.05) is 6.92 Å². The van der Waals surface area contributed by atoms with Gasteiger partial charge in [-0.2, -0.15) is 0 Å². The van der Waals surface area contributed by atoms with Gasteiger partial charge in [-0.1, -0.05) is 6.58 Å². The molecule has 3 heteroatoms. The van der Waals surface area contributed by atoms with Crippen molar-refractivity contribution in [1.82, 2.24) is 9.80 Å². The Balaban J connectivity index is 2.44. The summed E-state index contributed by atoms with van der Waals surface area (Å²) in [6, 6.07) is 0. The molecule has 0 aliphatic carbocycles. The van der Waals surface area contributed by atoms with Gasteiger partial charge in [-0.05, 0) is 19.5 Å². The highest BCUT2D eigenvalue weighted by Gasteiger charge is 2.15. The highest BCUT2D eigenvalue weighted by atomic mass is 15.3. The van der Waals surface area contributed by atoms with Gasteiger partial charge in [0.1, 0.15) is 5.84 Å². The molecule has 0 saturated carbocycles. The molecule has 12 heavy (non-hydrogen) atoms. The molecule has 0 spiro atoms. The summed E-state index contributed by atoms with van der Waals surface area (Å²) in [5, 5.41) is 7.71. The van der Waals surface area contributed by atoms with E-state index < -0.39 is 0 Å². The highest BCUT2D eigenvalue weighted by molar-refractivity contribution is 5.94. The summed E-state index contributed by atoms with van der Waals surface area (Å²) in [5.74, 6) is 0.600. The van der Waals surface area contributed by atoms with Crippen molar-refractivity contribution in [3.8, 4) is 0 Å². The van der Waals surface area contributed by atoms with Crippen molar-refractivity contribution >= 4 is 5.84 Å². The lowest BCUT2D eigenvalue weighted by Crippen LogP contribution is -2.47. The van der Waals surface area contributed by atoms with Gasteiger partial charge in [0.25, 0.3) is 0 Å². The second-order valence-corrected chi connectivity index (χ2v) is 3.42. The SMILES string of the molecule is C=C(C)C(=N)N1CCN(C)CC1. The molecular formula is C9H17N3. The first-order valence-electron chi connectivity index (χ1n) is 4.29. The average molecular weight is 167 g/mol. The van der Waals surface area contributed by atoms with Crippen molar-refractivity contribution in [2.24, 2.45) is 0 Å². The topological polar surface area (TPSA) is 30.3 Å². The maximum Gasteiger partial charge on any atom is 0.123 e. The minimum absolute atomic E-state index is 0.600. The van der Waals surface area contributed by atoms with Crippen LogP contribution in [0.1, 0.15) is 6.92 Å². The van der Waals surface area contributed by atoms with Crippen LogP contribution in [0.4, 0.5) is 0 Å². The Morgan fingerprint density at radius 1 is 1.25 bits per heavy atom. The summed E-state index contributed by atoms with van der Waals surface area (Å²) in [6.07, 6.45) is 0. The third-order valence-corrected chi connectivity index (χ3v) is 2.22. The van der Waals surface area contributed by atoms with Crippen LogP contribution < -0.4 is 0 Å². The quantitative estimate of drug-likeness (QED) is 0.462. The Morgan fingerprint density at radius 3 is 2.17 bits per heavy atom. The minimum atomic E-state index is 0.600. The fourth-order valence-electron chi connectivity index (χ4n) is 1.30. The summed E-state index contributed by atoms with van der Waals surface area (Å²) >= 11 is 0. The zero-order valence-corrected chi connectivity index (χ0v) is 7.93. The molecule has 0 atom stereocenters. The predicted octanol–water partition coefficient (Wildman–Crippen LogP) is 0.787. The van der Waals surface area contributed by atoms with Gasteiger partial charge in [-0.15, -0.1) is 0 Å². The number of nitrogens with zero attached hydrogens (tertiary/aromatic N) is 2. The van der Waals surface area contributed by atoms with Crippen molar-refractivity contribution < 1.29 is 0 Å². The van der Waals surface area contributed by atoms with Crippen LogP contribution in [-0.4, -0.2) is 48.9 Å². The molecule has 0 unspecified atom stereocenters. The molecule has 0 aromatic rings. The van der Waals surface area contributed by atoms with Crippen LogP contribution in [0.5, 0.6) is 0 Å². The van der Waals surface area contributed by atoms with E-state index in [9.17, 15) is 0 Å². The molecule has 0 aromatic carbocycles. The van der Waals surface area contributed by atoms with Crippen molar-refractivity contribution in [3.05, 3.63) is 12.2 Å². The fraction of sp³-hybridized carbons (Fsp3) is 0.667. The Hall–Kier alpha value is -0.830. The maximum atomic E-state index is 7.71.